The zero-order valence-corrected chi connectivity index (χ0v) is 62.5. The third kappa shape index (κ3) is 26.3. The number of carbonyl (C=O) groups excluding carboxylic acids is 8. The van der Waals surface area contributed by atoms with Crippen molar-refractivity contribution in [3.63, 3.8) is 0 Å². The van der Waals surface area contributed by atoms with Crippen LogP contribution in [0.25, 0.3) is 10.4 Å². The first-order valence-corrected chi connectivity index (χ1v) is 36.7. The number of ether oxygens (including phenoxy) is 4. The topological polar surface area (TPSA) is 361 Å². The van der Waals surface area contributed by atoms with Crippen LogP contribution in [0.15, 0.2) is 75.6 Å². The monoisotopic (exact) mass is 1430 g/mol. The number of hydrogen-bond donors (Lipinski definition) is 7. The molecule has 0 saturated carbocycles. The maximum Gasteiger partial charge on any atom is 0.312 e. The molecule has 1 aliphatic carbocycles. The molecule has 0 spiro atoms. The highest BCUT2D eigenvalue weighted by Crippen LogP contribution is 2.34. The van der Waals surface area contributed by atoms with Crippen LogP contribution >= 0.6 is 23.5 Å². The van der Waals surface area contributed by atoms with Crippen LogP contribution in [0, 0.1) is 29.6 Å². The van der Waals surface area contributed by atoms with E-state index in [0.29, 0.717) is 56.2 Å². The molecule has 554 valence electrons. The van der Waals surface area contributed by atoms with E-state index >= 15 is 0 Å². The molecular weight excluding hydrogens is 1320 g/mol. The van der Waals surface area contributed by atoms with Crippen LogP contribution in [0.4, 0.5) is 10.5 Å². The lowest BCUT2D eigenvalue weighted by molar-refractivity contribution is -0.148. The SMILES string of the molecule is CC[C@H](C)[C@@H]([C@@H](CC(=O)N1CCC[C@H]1[C@H](OC)[C@@H](C)C(=O)N[C@H](CN=[N+]=[N-])Cc1ccc(NC(=O)[C@H](CCCNC(N)=O)NC(=O)[C@@H](NC(=O)CCOCCOCCn2nc3c(n2)CSC2=CC(=C/C=C\C=C\2)SC3)C(C)C)cc1)OC)N(C)C(=O)[C@@H](NC(=O)[C@H](C(C)C)N(C)C)C(C)C. The average molecular weight is 1430 g/mol. The maximum atomic E-state index is 14.6. The molecule has 1 aromatic heterocycles. The number of primary amides is 1. The summed E-state index contributed by atoms with van der Waals surface area (Å²) in [6, 6.07) is 0.978. The molecule has 8 N–H and O–H groups in total. The Bertz CT molecular complexity index is 3180. The van der Waals surface area contributed by atoms with Crippen LogP contribution in [0.2, 0.25) is 0 Å². The van der Waals surface area contributed by atoms with E-state index in [9.17, 15) is 43.9 Å². The first-order chi connectivity index (χ1) is 47.7. The highest BCUT2D eigenvalue weighted by molar-refractivity contribution is 8.03. The Kier molecular flexibility index (Phi) is 35.7. The number of aromatic nitrogens is 3. The number of azide groups is 1. The number of urea groups is 1. The quantitative estimate of drug-likeness (QED) is 0.0156. The second-order valence-corrected chi connectivity index (χ2v) is 29.0. The minimum Gasteiger partial charge on any atom is -0.379 e. The van der Waals surface area contributed by atoms with Crippen molar-refractivity contribution in [3.05, 3.63) is 97.9 Å². The molecule has 3 aliphatic rings. The number of nitrogens with two attached hydrogens (primary N) is 1. The average Bonchev–Trinajstić information content (AvgIpc) is 1.45. The fraction of sp³-hybridized carbons (Fsp3) is 0.657. The first kappa shape index (κ1) is 83.4. The number of allylic oxidation sites excluding steroid dienone is 6. The number of amides is 9. The highest BCUT2D eigenvalue weighted by Gasteiger charge is 2.44. The summed E-state index contributed by atoms with van der Waals surface area (Å²) in [5.41, 5.74) is 17.7. The molecule has 1 aromatic carbocycles. The number of thioether (sulfide) groups is 2. The van der Waals surface area contributed by atoms with Crippen molar-refractivity contribution < 1.29 is 57.3 Å². The number of nitrogens with one attached hydrogen (secondary N) is 6. The van der Waals surface area contributed by atoms with E-state index in [0.717, 1.165) is 26.8 Å². The molecule has 11 atom stereocenters. The number of methoxy groups -OCH3 is 2. The molecular formula is C70H110N16O12S2. The van der Waals surface area contributed by atoms with E-state index in [4.69, 9.17) is 34.9 Å². The van der Waals surface area contributed by atoms with Crippen molar-refractivity contribution in [1.29, 1.82) is 0 Å². The fourth-order valence-electron chi connectivity index (χ4n) is 12.6. The van der Waals surface area contributed by atoms with Gasteiger partial charge in [-0.2, -0.15) is 15.0 Å². The molecule has 2 aliphatic heterocycles. The lowest BCUT2D eigenvalue weighted by atomic mass is 9.89. The molecule has 0 radical (unpaired) electrons. The molecule has 9 amide bonds. The summed E-state index contributed by atoms with van der Waals surface area (Å²) in [6.45, 7) is 18.9. The van der Waals surface area contributed by atoms with Crippen molar-refractivity contribution >= 4 is 76.6 Å². The summed E-state index contributed by atoms with van der Waals surface area (Å²) >= 11 is 3.45. The zero-order chi connectivity index (χ0) is 73.6. The molecule has 28 nitrogen and oxygen atoms in total. The summed E-state index contributed by atoms with van der Waals surface area (Å²) in [5.74, 6) is -2.78. The highest BCUT2D eigenvalue weighted by atomic mass is 32.2. The maximum absolute atomic E-state index is 14.6. The second kappa shape index (κ2) is 42.8. The van der Waals surface area contributed by atoms with E-state index in [-0.39, 0.29) is 106 Å². The number of fused-ring (bicyclic) bond motifs is 2. The van der Waals surface area contributed by atoms with E-state index < -0.39 is 90.1 Å². The van der Waals surface area contributed by atoms with Crippen LogP contribution in [-0.2, 0) is 77.0 Å². The molecule has 100 heavy (non-hydrogen) atoms. The normalized spacial score (nSPS) is 18.2. The summed E-state index contributed by atoms with van der Waals surface area (Å²) in [4.78, 5) is 122. The van der Waals surface area contributed by atoms with Gasteiger partial charge in [0, 0.05) is 85.3 Å². The Morgan fingerprint density at radius 2 is 1.45 bits per heavy atom. The van der Waals surface area contributed by atoms with Crippen LogP contribution in [0.3, 0.4) is 0 Å². The molecule has 2 aromatic rings. The van der Waals surface area contributed by atoms with Gasteiger partial charge in [0.1, 0.15) is 18.1 Å². The van der Waals surface area contributed by atoms with Crippen molar-refractivity contribution in [3.8, 4) is 0 Å². The number of likely N-dealkylation sites (N-methyl/N-ethyl adjacent to an activating group) is 2. The third-order valence-corrected chi connectivity index (χ3v) is 20.1. The molecule has 0 unspecified atom stereocenters. The van der Waals surface area contributed by atoms with E-state index in [1.165, 1.54) is 14.2 Å². The van der Waals surface area contributed by atoms with Crippen molar-refractivity contribution in [1.82, 2.24) is 56.3 Å². The number of nitrogens with zero attached hydrogens (tertiary/aromatic N) is 9. The van der Waals surface area contributed by atoms with Gasteiger partial charge < -0.3 is 66.4 Å². The van der Waals surface area contributed by atoms with Crippen molar-refractivity contribution in [2.24, 2.45) is 40.4 Å². The van der Waals surface area contributed by atoms with Gasteiger partial charge in [-0.05, 0) is 111 Å². The predicted octanol–water partition coefficient (Wildman–Crippen LogP) is 6.77. The van der Waals surface area contributed by atoms with E-state index in [1.807, 2.05) is 78.8 Å². The van der Waals surface area contributed by atoms with Gasteiger partial charge >= 0.3 is 6.03 Å². The van der Waals surface area contributed by atoms with Crippen LogP contribution in [0.1, 0.15) is 124 Å². The number of rotatable bonds is 41. The number of hydrogen-bond acceptors (Lipinski definition) is 18. The van der Waals surface area contributed by atoms with Gasteiger partial charge in [-0.25, -0.2) is 4.79 Å². The van der Waals surface area contributed by atoms with Gasteiger partial charge in [0.15, 0.2) is 0 Å². The Balaban J connectivity index is 1.14. The molecule has 3 heterocycles. The summed E-state index contributed by atoms with van der Waals surface area (Å²) < 4.78 is 23.6. The molecule has 5 rings (SSSR count). The molecule has 30 heteroatoms. The Morgan fingerprint density at radius 1 is 0.780 bits per heavy atom. The summed E-state index contributed by atoms with van der Waals surface area (Å²) in [5, 5.41) is 30.3. The number of carbonyl (C=O) groups is 8. The van der Waals surface area contributed by atoms with Crippen molar-refractivity contribution in [2.45, 2.75) is 186 Å². The Hall–Kier alpha value is -7.31. The van der Waals surface area contributed by atoms with Gasteiger partial charge in [0.2, 0.25) is 41.4 Å². The van der Waals surface area contributed by atoms with Crippen LogP contribution in [0.5, 0.6) is 0 Å². The van der Waals surface area contributed by atoms with Crippen LogP contribution < -0.4 is 37.6 Å². The molecule has 2 bridgehead atoms. The Morgan fingerprint density at radius 3 is 2.06 bits per heavy atom. The lowest BCUT2D eigenvalue weighted by Crippen LogP contribution is -2.59. The Labute approximate surface area is 598 Å². The minimum absolute atomic E-state index is 0.00391. The number of anilines is 1. The second-order valence-electron chi connectivity index (χ2n) is 26.9. The van der Waals surface area contributed by atoms with Gasteiger partial charge in [-0.1, -0.05) is 104 Å². The lowest BCUT2D eigenvalue weighted by Gasteiger charge is -2.41. The van der Waals surface area contributed by atoms with Gasteiger partial charge in [0.05, 0.1) is 87.0 Å². The van der Waals surface area contributed by atoms with E-state index in [2.05, 4.69) is 60.2 Å². The summed E-state index contributed by atoms with van der Waals surface area (Å²) in [7, 11) is 8.40. The largest absolute Gasteiger partial charge is 0.379 e. The van der Waals surface area contributed by atoms with Gasteiger partial charge in [-0.15, -0.1) is 23.5 Å². The van der Waals surface area contributed by atoms with E-state index in [1.54, 1.807) is 90.2 Å². The minimum atomic E-state index is -1.10. The standard InChI is InChI=1S/C70H110N16O12S2/c1-15-46(8)63(84(12)69(93)61(44(4)5)79-68(92)62(45(6)7)83(10)11)57(95-13)39-59(88)85-31-20-24-56(85)64(96-14)47(9)65(89)76-50(40-74-82-72)37-48-25-27-49(28-26-48)75-66(90)53(23-19-30-73-70(71)94)77-67(91)60(43(2)3)78-58(87)29-33-97-35-36-98-34-32-86-80-54-41-99-51-21-17-16-18-22-52(38-51)100-42-55(54)81-86/h16-18,21-22,25-28,38,43-47,50,53,56-57,60-64H,15,19-20,23-24,29-37,39-42H2,1-14H3,(H,75,90)(H,76,89)(H,77,91)(H,78,87)(H,79,92)(H3,71,73,94)/b17-16-,18-16?,21-17?,22-18+,51-21?,51-38?,52-22?,52-38?/t46-,47+,50-,53-,56-,57+,60-,61-,62-,63-,64+/m0/s1. The smallest absolute Gasteiger partial charge is 0.312 e. The third-order valence-electron chi connectivity index (χ3n) is 18.1. The van der Waals surface area contributed by atoms with Gasteiger partial charge in [0.25, 0.3) is 0 Å². The first-order valence-electron chi connectivity index (χ1n) is 34.7. The number of likely N-dealkylation sites (tertiary alicyclic amines) is 1. The predicted molar refractivity (Wildman–Crippen MR) is 389 cm³/mol. The molecule has 1 saturated heterocycles. The van der Waals surface area contributed by atoms with Gasteiger partial charge in [-0.3, -0.25) is 38.5 Å². The zero-order valence-electron chi connectivity index (χ0n) is 60.9. The molecule has 1 fully saturated rings. The van der Waals surface area contributed by atoms with Crippen LogP contribution in [-0.4, -0.2) is 213 Å². The fourth-order valence-corrected chi connectivity index (χ4v) is 14.5. The number of benzene rings is 1. The van der Waals surface area contributed by atoms with Crippen molar-refractivity contribution in [2.75, 3.05) is 86.7 Å². The summed E-state index contributed by atoms with van der Waals surface area (Å²) in [6.07, 6.45) is 13.4.